The first kappa shape index (κ1) is 27.8. The molecular weight excluding hydrogens is 517 g/mol. The fourth-order valence-corrected chi connectivity index (χ4v) is 3.89. The Kier molecular flexibility index (Phi) is 8.67. The van der Waals surface area contributed by atoms with Gasteiger partial charge in [-0.05, 0) is 18.6 Å². The average molecular weight is 541 g/mol. The summed E-state index contributed by atoms with van der Waals surface area (Å²) in [5.74, 6) is 3.82. The van der Waals surface area contributed by atoms with Gasteiger partial charge in [0.25, 0.3) is 5.56 Å². The third-order valence-electron chi connectivity index (χ3n) is 5.55. The number of carboxylic acids is 1. The topological polar surface area (TPSA) is 114 Å². The van der Waals surface area contributed by atoms with Crippen LogP contribution in [0, 0.1) is 11.8 Å². The highest BCUT2D eigenvalue weighted by Crippen LogP contribution is 2.22. The summed E-state index contributed by atoms with van der Waals surface area (Å²) in [7, 11) is 1.49. The number of aromatic nitrogens is 4. The molecule has 0 bridgehead atoms. The van der Waals surface area contributed by atoms with Crippen LogP contribution in [0.15, 0.2) is 33.9 Å². The maximum absolute atomic E-state index is 13.1. The van der Waals surface area contributed by atoms with Crippen LogP contribution in [0.2, 0.25) is 5.02 Å². The van der Waals surface area contributed by atoms with Crippen molar-refractivity contribution in [3.8, 4) is 11.8 Å². The maximum atomic E-state index is 13.1. The number of hydrogen-bond acceptors (Lipinski definition) is 6. The Balaban J connectivity index is 0.000000479. The number of fused-ring (bicyclic) bond motifs is 1. The SMILES string of the molecule is CC#CCn1c(N2CCNCC2)nc2c1c(=O)n(C)c(=O)n2Cc1ccccc1Cl.O=C(O)C(F)(F)F. The summed E-state index contributed by atoms with van der Waals surface area (Å²) in [4.78, 5) is 41.9. The van der Waals surface area contributed by atoms with Gasteiger partial charge in [0.2, 0.25) is 5.95 Å². The van der Waals surface area contributed by atoms with E-state index in [1.54, 1.807) is 13.0 Å². The molecule has 2 N–H and O–H groups in total. The molecule has 3 heterocycles. The molecule has 1 fully saturated rings. The highest BCUT2D eigenvalue weighted by Gasteiger charge is 2.38. The van der Waals surface area contributed by atoms with Crippen molar-refractivity contribution in [2.45, 2.75) is 26.2 Å². The van der Waals surface area contributed by atoms with Gasteiger partial charge in [0.1, 0.15) is 0 Å². The first-order valence-electron chi connectivity index (χ1n) is 11.1. The number of anilines is 1. The van der Waals surface area contributed by atoms with Crippen molar-refractivity contribution in [1.82, 2.24) is 24.0 Å². The zero-order valence-corrected chi connectivity index (χ0v) is 20.7. The van der Waals surface area contributed by atoms with Gasteiger partial charge >= 0.3 is 17.8 Å². The molecule has 1 saturated heterocycles. The Morgan fingerprint density at radius 2 is 1.81 bits per heavy atom. The van der Waals surface area contributed by atoms with E-state index in [2.05, 4.69) is 22.1 Å². The molecule has 0 spiro atoms. The number of imidazole rings is 1. The summed E-state index contributed by atoms with van der Waals surface area (Å²) in [6.07, 6.45) is -5.08. The van der Waals surface area contributed by atoms with Crippen LogP contribution in [-0.4, -0.2) is 62.1 Å². The monoisotopic (exact) mass is 540 g/mol. The molecule has 1 aliphatic rings. The third-order valence-corrected chi connectivity index (χ3v) is 5.92. The van der Waals surface area contributed by atoms with Crippen molar-refractivity contribution in [2.24, 2.45) is 7.05 Å². The zero-order chi connectivity index (χ0) is 27.3. The number of carbonyl (C=O) groups is 1. The van der Waals surface area contributed by atoms with E-state index < -0.39 is 17.8 Å². The second-order valence-corrected chi connectivity index (χ2v) is 8.37. The highest BCUT2D eigenvalue weighted by molar-refractivity contribution is 6.31. The van der Waals surface area contributed by atoms with E-state index in [0.717, 1.165) is 36.3 Å². The van der Waals surface area contributed by atoms with E-state index in [4.69, 9.17) is 26.5 Å². The lowest BCUT2D eigenvalue weighted by atomic mass is 10.2. The first-order chi connectivity index (χ1) is 17.5. The number of hydrogen-bond donors (Lipinski definition) is 2. The molecule has 0 aliphatic carbocycles. The summed E-state index contributed by atoms with van der Waals surface area (Å²) < 4.78 is 36.2. The number of piperazine rings is 1. The van der Waals surface area contributed by atoms with Gasteiger partial charge in [-0.15, -0.1) is 5.92 Å². The fraction of sp³-hybridized carbons (Fsp3) is 0.391. The van der Waals surface area contributed by atoms with Crippen molar-refractivity contribution in [1.29, 1.82) is 0 Å². The van der Waals surface area contributed by atoms with Crippen LogP contribution in [0.5, 0.6) is 0 Å². The summed E-state index contributed by atoms with van der Waals surface area (Å²) >= 11 is 6.33. The molecule has 3 aromatic rings. The van der Waals surface area contributed by atoms with E-state index in [9.17, 15) is 22.8 Å². The Bertz CT molecular complexity index is 1480. The highest BCUT2D eigenvalue weighted by atomic mass is 35.5. The van der Waals surface area contributed by atoms with Crippen LogP contribution in [0.3, 0.4) is 0 Å². The number of halogens is 4. The maximum Gasteiger partial charge on any atom is 0.490 e. The van der Waals surface area contributed by atoms with Gasteiger partial charge in [0, 0.05) is 38.2 Å². The van der Waals surface area contributed by atoms with Gasteiger partial charge in [-0.2, -0.15) is 18.2 Å². The molecule has 37 heavy (non-hydrogen) atoms. The number of nitrogens with zero attached hydrogens (tertiary/aromatic N) is 5. The van der Waals surface area contributed by atoms with Crippen LogP contribution < -0.4 is 21.5 Å². The van der Waals surface area contributed by atoms with Crippen molar-refractivity contribution >= 4 is 34.7 Å². The van der Waals surface area contributed by atoms with Crippen LogP contribution in [0.25, 0.3) is 11.2 Å². The second-order valence-electron chi connectivity index (χ2n) is 7.96. The first-order valence-corrected chi connectivity index (χ1v) is 11.4. The van der Waals surface area contributed by atoms with Gasteiger partial charge in [0.05, 0.1) is 13.1 Å². The number of benzene rings is 1. The van der Waals surface area contributed by atoms with E-state index in [1.807, 2.05) is 22.8 Å². The largest absolute Gasteiger partial charge is 0.490 e. The predicted molar refractivity (Wildman–Crippen MR) is 132 cm³/mol. The number of rotatable bonds is 4. The normalized spacial score (nSPS) is 13.5. The van der Waals surface area contributed by atoms with Crippen LogP contribution in [0.1, 0.15) is 12.5 Å². The minimum Gasteiger partial charge on any atom is -0.475 e. The molecule has 4 rings (SSSR count). The molecule has 2 aromatic heterocycles. The molecule has 0 saturated carbocycles. The lowest BCUT2D eigenvalue weighted by Crippen LogP contribution is -2.44. The van der Waals surface area contributed by atoms with Crippen molar-refractivity contribution in [3.63, 3.8) is 0 Å². The zero-order valence-electron chi connectivity index (χ0n) is 20.0. The van der Waals surface area contributed by atoms with Crippen LogP contribution in [-0.2, 0) is 24.9 Å². The molecule has 10 nitrogen and oxygen atoms in total. The summed E-state index contributed by atoms with van der Waals surface area (Å²) in [6.45, 7) is 5.48. The molecule has 0 atom stereocenters. The minimum absolute atomic E-state index is 0.223. The molecule has 198 valence electrons. The van der Waals surface area contributed by atoms with E-state index >= 15 is 0 Å². The number of aliphatic carboxylic acids is 1. The quantitative estimate of drug-likeness (QED) is 0.484. The van der Waals surface area contributed by atoms with Crippen molar-refractivity contribution in [2.75, 3.05) is 31.1 Å². The van der Waals surface area contributed by atoms with Crippen molar-refractivity contribution in [3.05, 3.63) is 55.7 Å². The van der Waals surface area contributed by atoms with Gasteiger partial charge < -0.3 is 15.3 Å². The molecule has 14 heteroatoms. The Morgan fingerprint density at radius 3 is 2.38 bits per heavy atom. The molecule has 0 amide bonds. The fourth-order valence-electron chi connectivity index (χ4n) is 3.70. The Labute approximate surface area is 213 Å². The molecular formula is C23H24ClF3N6O4. The number of carboxylic acid groups (broad SMARTS) is 1. The molecule has 0 radical (unpaired) electrons. The lowest BCUT2D eigenvalue weighted by Gasteiger charge is -2.28. The summed E-state index contributed by atoms with van der Waals surface area (Å²) in [6, 6.07) is 7.35. The summed E-state index contributed by atoms with van der Waals surface area (Å²) in [5.41, 5.74) is 0.713. The smallest absolute Gasteiger partial charge is 0.475 e. The Hall–Kier alpha value is -3.76. The van der Waals surface area contributed by atoms with Crippen molar-refractivity contribution < 1.29 is 23.1 Å². The Morgan fingerprint density at radius 1 is 1.19 bits per heavy atom. The van der Waals surface area contributed by atoms with E-state index in [0.29, 0.717) is 28.7 Å². The molecule has 1 aliphatic heterocycles. The summed E-state index contributed by atoms with van der Waals surface area (Å²) in [5, 5.41) is 11.0. The lowest BCUT2D eigenvalue weighted by molar-refractivity contribution is -0.192. The van der Waals surface area contributed by atoms with Gasteiger partial charge in [0.15, 0.2) is 11.2 Å². The second kappa shape index (κ2) is 11.5. The third kappa shape index (κ3) is 6.15. The number of alkyl halides is 3. The van der Waals surface area contributed by atoms with Gasteiger partial charge in [-0.1, -0.05) is 35.7 Å². The van der Waals surface area contributed by atoms with Crippen LogP contribution in [0.4, 0.5) is 19.1 Å². The van der Waals surface area contributed by atoms with E-state index in [-0.39, 0.29) is 12.1 Å². The standard InChI is InChI=1S/C21H23ClN6O2.C2HF3O2/c1-3-4-11-27-17-18(24-20(27)26-12-9-23-10-13-26)28(21(30)25(2)19(17)29)14-15-7-5-6-8-16(15)22;3-2(4,5)1(6)7/h5-8,23H,9-14H2,1-2H3;(H,6,7). The van der Waals surface area contributed by atoms with Gasteiger partial charge in [-0.3, -0.25) is 18.5 Å². The number of nitrogens with one attached hydrogen (secondary N) is 1. The molecule has 0 unspecified atom stereocenters. The minimum atomic E-state index is -5.08. The molecule has 1 aromatic carbocycles. The van der Waals surface area contributed by atoms with E-state index in [1.165, 1.54) is 11.6 Å². The average Bonchev–Trinajstić information content (AvgIpc) is 3.24. The predicted octanol–water partition coefficient (Wildman–Crippen LogP) is 1.66. The van der Waals surface area contributed by atoms with Gasteiger partial charge in [-0.25, -0.2) is 9.59 Å². The van der Waals surface area contributed by atoms with Crippen LogP contribution >= 0.6 is 11.6 Å².